The molecule has 6 nitrogen and oxygen atoms in total. The first-order chi connectivity index (χ1) is 8.38. The van der Waals surface area contributed by atoms with E-state index in [1.54, 1.807) is 6.92 Å². The Morgan fingerprint density at radius 2 is 2.11 bits per heavy atom. The van der Waals surface area contributed by atoms with Gasteiger partial charge in [-0.3, -0.25) is 10.1 Å². The number of nitrogens with two attached hydrogens (primary N) is 1. The van der Waals surface area contributed by atoms with Crippen LogP contribution in [0.2, 0.25) is 0 Å². The molecule has 0 aliphatic heterocycles. The Kier molecular flexibility index (Phi) is 4.89. The molecule has 0 radical (unpaired) electrons. The van der Waals surface area contributed by atoms with E-state index in [0.29, 0.717) is 5.56 Å². The molecule has 0 fully saturated rings. The lowest BCUT2D eigenvalue weighted by Crippen LogP contribution is -2.19. The molecule has 7 heteroatoms. The Labute approximate surface area is 109 Å². The van der Waals surface area contributed by atoms with Crippen molar-refractivity contribution >= 4 is 23.0 Å². The van der Waals surface area contributed by atoms with Gasteiger partial charge in [0.2, 0.25) is 0 Å². The zero-order chi connectivity index (χ0) is 13.9. The van der Waals surface area contributed by atoms with Gasteiger partial charge < -0.3 is 15.9 Å². The minimum atomic E-state index is -1.22. The number of anilines is 1. The number of hydrogen-bond acceptors (Lipinski definition) is 5. The Bertz CT molecular complexity index is 453. The summed E-state index contributed by atoms with van der Waals surface area (Å²) in [5.41, 5.74) is 6.10. The van der Waals surface area contributed by atoms with E-state index < -0.39 is 17.1 Å². The molecule has 1 aromatic rings. The van der Waals surface area contributed by atoms with Gasteiger partial charge >= 0.3 is 0 Å². The third kappa shape index (κ3) is 3.10. The van der Waals surface area contributed by atoms with Crippen molar-refractivity contribution in [2.45, 2.75) is 25.6 Å². The van der Waals surface area contributed by atoms with E-state index in [-0.39, 0.29) is 29.2 Å². The quantitative estimate of drug-likeness (QED) is 0.326. The number of nitrogens with zero attached hydrogens (tertiary/aromatic N) is 1. The second-order valence-electron chi connectivity index (χ2n) is 4.02. The Morgan fingerprint density at radius 3 is 2.61 bits per heavy atom. The number of nitro groups is 1. The van der Waals surface area contributed by atoms with E-state index in [9.17, 15) is 20.3 Å². The zero-order valence-electron chi connectivity index (χ0n) is 9.84. The number of nitro benzene ring substituents is 1. The highest BCUT2D eigenvalue weighted by Gasteiger charge is 2.23. The number of aliphatic hydroxyl groups is 2. The van der Waals surface area contributed by atoms with E-state index in [1.807, 2.05) is 0 Å². The van der Waals surface area contributed by atoms with Crippen LogP contribution < -0.4 is 5.73 Å². The third-order valence-corrected chi connectivity index (χ3v) is 2.91. The van der Waals surface area contributed by atoms with Gasteiger partial charge in [-0.25, -0.2) is 0 Å². The molecule has 0 saturated heterocycles. The predicted molar refractivity (Wildman–Crippen MR) is 68.5 cm³/mol. The molecule has 0 amide bonds. The topological polar surface area (TPSA) is 110 Å². The first-order valence-corrected chi connectivity index (χ1v) is 5.88. The Balaban J connectivity index is 3.14. The lowest BCUT2D eigenvalue weighted by atomic mass is 9.99. The van der Waals surface area contributed by atoms with E-state index in [4.69, 9.17) is 17.3 Å². The number of alkyl halides is 1. The van der Waals surface area contributed by atoms with E-state index in [1.165, 1.54) is 12.1 Å². The molecule has 1 aromatic carbocycles. The largest absolute Gasteiger partial charge is 0.393 e. The average Bonchev–Trinajstić information content (AvgIpc) is 2.31. The van der Waals surface area contributed by atoms with E-state index in [2.05, 4.69) is 0 Å². The van der Waals surface area contributed by atoms with Crippen molar-refractivity contribution < 1.29 is 15.1 Å². The van der Waals surface area contributed by atoms with Gasteiger partial charge in [-0.15, -0.1) is 11.6 Å². The highest BCUT2D eigenvalue weighted by molar-refractivity contribution is 6.17. The second kappa shape index (κ2) is 5.99. The summed E-state index contributed by atoms with van der Waals surface area (Å²) >= 11 is 5.47. The van der Waals surface area contributed by atoms with Crippen LogP contribution in [-0.2, 0) is 0 Å². The molecule has 18 heavy (non-hydrogen) atoms. The number of hydrogen-bond donors (Lipinski definition) is 3. The third-order valence-electron chi connectivity index (χ3n) is 2.69. The number of benzene rings is 1. The molecule has 0 saturated carbocycles. The summed E-state index contributed by atoms with van der Waals surface area (Å²) in [4.78, 5) is 10.2. The van der Waals surface area contributed by atoms with Crippen LogP contribution in [0.5, 0.6) is 0 Å². The minimum Gasteiger partial charge on any atom is -0.393 e. The van der Waals surface area contributed by atoms with Gasteiger partial charge in [0, 0.05) is 11.9 Å². The summed E-state index contributed by atoms with van der Waals surface area (Å²) in [5, 5.41) is 30.3. The fourth-order valence-corrected chi connectivity index (χ4v) is 1.84. The van der Waals surface area contributed by atoms with Crippen molar-refractivity contribution in [2.24, 2.45) is 0 Å². The maximum Gasteiger partial charge on any atom is 0.292 e. The van der Waals surface area contributed by atoms with Gasteiger partial charge in [0.05, 0.1) is 11.0 Å². The van der Waals surface area contributed by atoms with Crippen LogP contribution >= 0.6 is 11.6 Å². The summed E-state index contributed by atoms with van der Waals surface area (Å²) in [5.74, 6) is 0.189. The van der Waals surface area contributed by atoms with Gasteiger partial charge in [0.15, 0.2) is 0 Å². The number of halogens is 1. The fraction of sp³-hybridized carbons (Fsp3) is 0.455. The molecule has 2 atom stereocenters. The second-order valence-corrected chi connectivity index (χ2v) is 4.40. The van der Waals surface area contributed by atoms with Gasteiger partial charge in [-0.2, -0.15) is 0 Å². The highest BCUT2D eigenvalue weighted by Crippen LogP contribution is 2.30. The van der Waals surface area contributed by atoms with Crippen molar-refractivity contribution in [3.8, 4) is 0 Å². The van der Waals surface area contributed by atoms with Crippen LogP contribution in [0, 0.1) is 17.0 Å². The van der Waals surface area contributed by atoms with Crippen LogP contribution in [0.25, 0.3) is 0 Å². The van der Waals surface area contributed by atoms with Crippen LogP contribution in [0.1, 0.15) is 23.7 Å². The lowest BCUT2D eigenvalue weighted by Gasteiger charge is -2.18. The predicted octanol–water partition coefficient (Wildman–Crippen LogP) is 1.51. The summed E-state index contributed by atoms with van der Waals surface area (Å²) in [6.07, 6.45) is -2.09. The molecular formula is C11H15ClN2O4. The van der Waals surface area contributed by atoms with Crippen LogP contribution in [0.15, 0.2) is 12.1 Å². The molecule has 0 aliphatic carbocycles. The first-order valence-electron chi connectivity index (χ1n) is 5.35. The maximum atomic E-state index is 10.8. The normalized spacial score (nSPS) is 14.2. The number of rotatable bonds is 5. The molecule has 0 heterocycles. The molecule has 100 valence electrons. The van der Waals surface area contributed by atoms with Crippen LogP contribution in [0.4, 0.5) is 11.4 Å². The highest BCUT2D eigenvalue weighted by atomic mass is 35.5. The summed E-state index contributed by atoms with van der Waals surface area (Å²) in [7, 11) is 0. The minimum absolute atomic E-state index is 0.0581. The molecule has 0 bridgehead atoms. The SMILES string of the molecule is Cc1cc(C(O)C(O)CCCl)cc([N+](=O)[O-])c1N. The molecule has 0 spiro atoms. The Hall–Kier alpha value is -1.37. The van der Waals surface area contributed by atoms with Crippen molar-refractivity contribution in [3.63, 3.8) is 0 Å². The van der Waals surface area contributed by atoms with Crippen molar-refractivity contribution in [1.29, 1.82) is 0 Å². The molecule has 0 aromatic heterocycles. The van der Waals surface area contributed by atoms with E-state index in [0.717, 1.165) is 0 Å². The summed E-state index contributed by atoms with van der Waals surface area (Å²) in [6.45, 7) is 1.60. The van der Waals surface area contributed by atoms with Crippen LogP contribution in [0.3, 0.4) is 0 Å². The zero-order valence-corrected chi connectivity index (χ0v) is 10.6. The van der Waals surface area contributed by atoms with Crippen LogP contribution in [-0.4, -0.2) is 27.1 Å². The standard InChI is InChI=1S/C11H15ClN2O4/c1-6-4-7(11(16)9(15)2-3-12)5-8(10(6)13)14(17)18/h4-5,9,11,15-16H,2-3,13H2,1H3. The Morgan fingerprint density at radius 1 is 1.50 bits per heavy atom. The monoisotopic (exact) mass is 274 g/mol. The van der Waals surface area contributed by atoms with Gasteiger partial charge in [0.1, 0.15) is 11.8 Å². The van der Waals surface area contributed by atoms with Gasteiger partial charge in [-0.05, 0) is 24.5 Å². The first kappa shape index (κ1) is 14.7. The molecule has 0 aliphatic rings. The van der Waals surface area contributed by atoms with Crippen molar-refractivity contribution in [1.82, 2.24) is 0 Å². The average molecular weight is 275 g/mol. The smallest absolute Gasteiger partial charge is 0.292 e. The summed E-state index contributed by atoms with van der Waals surface area (Å²) < 4.78 is 0. The number of aliphatic hydroxyl groups excluding tert-OH is 2. The van der Waals surface area contributed by atoms with E-state index >= 15 is 0 Å². The fourth-order valence-electron chi connectivity index (χ4n) is 1.62. The maximum absolute atomic E-state index is 10.8. The molecule has 2 unspecified atom stereocenters. The van der Waals surface area contributed by atoms with Crippen molar-refractivity contribution in [2.75, 3.05) is 11.6 Å². The lowest BCUT2D eigenvalue weighted by molar-refractivity contribution is -0.384. The number of aryl methyl sites for hydroxylation is 1. The van der Waals surface area contributed by atoms with Gasteiger partial charge in [0.25, 0.3) is 5.69 Å². The van der Waals surface area contributed by atoms with Crippen molar-refractivity contribution in [3.05, 3.63) is 33.4 Å². The summed E-state index contributed by atoms with van der Waals surface area (Å²) in [6, 6.07) is 2.69. The van der Waals surface area contributed by atoms with Gasteiger partial charge in [-0.1, -0.05) is 6.07 Å². The molecular weight excluding hydrogens is 260 g/mol. The molecule has 4 N–H and O–H groups in total. The molecule has 1 rings (SSSR count). The number of nitrogen functional groups attached to an aromatic ring is 1.